The van der Waals surface area contributed by atoms with Gasteiger partial charge in [-0.1, -0.05) is 26.0 Å². The summed E-state index contributed by atoms with van der Waals surface area (Å²) in [4.78, 5) is 10.6. The van der Waals surface area contributed by atoms with Crippen LogP contribution in [-0.4, -0.2) is 6.29 Å². The van der Waals surface area contributed by atoms with Crippen LogP contribution >= 0.6 is 0 Å². The molecule has 0 aliphatic rings. The van der Waals surface area contributed by atoms with Crippen LogP contribution in [0.5, 0.6) is 5.75 Å². The second-order valence-corrected chi connectivity index (χ2v) is 3.35. The molecule has 0 radical (unpaired) electrons. The molecule has 0 aromatic heterocycles. The molecule has 0 fully saturated rings. The van der Waals surface area contributed by atoms with Crippen molar-refractivity contribution in [1.82, 2.24) is 0 Å². The second-order valence-electron chi connectivity index (χ2n) is 3.35. The van der Waals surface area contributed by atoms with Gasteiger partial charge in [-0.05, 0) is 24.1 Å². The first kappa shape index (κ1) is 10.5. The quantitative estimate of drug-likeness (QED) is 0.538. The zero-order chi connectivity index (χ0) is 10.4. The van der Waals surface area contributed by atoms with E-state index in [1.54, 1.807) is 18.4 Å². The molecule has 1 aromatic rings. The van der Waals surface area contributed by atoms with Crippen molar-refractivity contribution >= 4 is 6.29 Å². The Balaban J connectivity index is 2.71. The fourth-order valence-electron chi connectivity index (χ4n) is 0.955. The molecule has 1 rings (SSSR count). The Kier molecular flexibility index (Phi) is 3.92. The van der Waals surface area contributed by atoms with Crippen molar-refractivity contribution < 1.29 is 9.53 Å². The molecule has 0 saturated carbocycles. The number of aldehydes is 1. The van der Waals surface area contributed by atoms with Crippen molar-refractivity contribution in [3.8, 4) is 5.75 Å². The van der Waals surface area contributed by atoms with Crippen LogP contribution in [0, 0.1) is 5.92 Å². The average Bonchev–Trinajstić information content (AvgIpc) is 2.18. The van der Waals surface area contributed by atoms with Crippen LogP contribution in [-0.2, 0) is 0 Å². The Labute approximate surface area is 84.2 Å². The molecule has 0 heterocycles. The van der Waals surface area contributed by atoms with Gasteiger partial charge in [0.05, 0.1) is 11.8 Å². The summed E-state index contributed by atoms with van der Waals surface area (Å²) in [5.41, 5.74) is 0.570. The van der Waals surface area contributed by atoms with Crippen molar-refractivity contribution in [2.45, 2.75) is 13.8 Å². The minimum atomic E-state index is 0.443. The summed E-state index contributed by atoms with van der Waals surface area (Å²) in [6.45, 7) is 4.12. The number of benzene rings is 1. The third-order valence-corrected chi connectivity index (χ3v) is 1.70. The number of hydrogen-bond donors (Lipinski definition) is 0. The number of carbonyl (C=O) groups is 1. The van der Waals surface area contributed by atoms with Crippen molar-refractivity contribution in [3.63, 3.8) is 0 Å². The van der Waals surface area contributed by atoms with Gasteiger partial charge in [-0.25, -0.2) is 0 Å². The summed E-state index contributed by atoms with van der Waals surface area (Å²) in [5, 5.41) is 0. The SMILES string of the molecule is CC(C)C=COc1ccccc1C=O. The molecule has 2 heteroatoms. The Morgan fingerprint density at radius 3 is 2.64 bits per heavy atom. The van der Waals surface area contributed by atoms with Crippen LogP contribution in [0.25, 0.3) is 0 Å². The van der Waals surface area contributed by atoms with E-state index in [0.29, 0.717) is 17.2 Å². The first-order valence-corrected chi connectivity index (χ1v) is 4.61. The van der Waals surface area contributed by atoms with E-state index in [1.165, 1.54) is 0 Å². The highest BCUT2D eigenvalue weighted by Crippen LogP contribution is 2.15. The summed E-state index contributed by atoms with van der Waals surface area (Å²) >= 11 is 0. The molecule has 0 amide bonds. The topological polar surface area (TPSA) is 26.3 Å². The van der Waals surface area contributed by atoms with Gasteiger partial charge < -0.3 is 4.74 Å². The molecule has 0 aliphatic carbocycles. The van der Waals surface area contributed by atoms with Crippen molar-refractivity contribution in [1.29, 1.82) is 0 Å². The summed E-state index contributed by atoms with van der Waals surface area (Å²) < 4.78 is 5.33. The van der Waals surface area contributed by atoms with E-state index in [1.807, 2.05) is 18.2 Å². The van der Waals surface area contributed by atoms with Gasteiger partial charge in [0.2, 0.25) is 0 Å². The van der Waals surface area contributed by atoms with Gasteiger partial charge >= 0.3 is 0 Å². The summed E-state index contributed by atoms with van der Waals surface area (Å²) in [7, 11) is 0. The van der Waals surface area contributed by atoms with E-state index >= 15 is 0 Å². The lowest BCUT2D eigenvalue weighted by Crippen LogP contribution is -1.89. The summed E-state index contributed by atoms with van der Waals surface area (Å²) in [6.07, 6.45) is 4.34. The molecule has 0 atom stereocenters. The summed E-state index contributed by atoms with van der Waals surface area (Å²) in [5.74, 6) is 1.04. The lowest BCUT2D eigenvalue weighted by atomic mass is 10.2. The van der Waals surface area contributed by atoms with Crippen molar-refractivity contribution in [2.24, 2.45) is 5.92 Å². The van der Waals surface area contributed by atoms with E-state index in [4.69, 9.17) is 4.74 Å². The monoisotopic (exact) mass is 190 g/mol. The molecule has 0 aliphatic heterocycles. The molecule has 0 spiro atoms. The van der Waals surface area contributed by atoms with Crippen LogP contribution in [0.3, 0.4) is 0 Å². The van der Waals surface area contributed by atoms with Gasteiger partial charge in [0.25, 0.3) is 0 Å². The van der Waals surface area contributed by atoms with Gasteiger partial charge in [0, 0.05) is 0 Å². The van der Waals surface area contributed by atoms with Gasteiger partial charge in [-0.15, -0.1) is 0 Å². The second kappa shape index (κ2) is 5.22. The third kappa shape index (κ3) is 3.05. The molecule has 1 aromatic carbocycles. The molecule has 2 nitrogen and oxygen atoms in total. The zero-order valence-corrected chi connectivity index (χ0v) is 8.44. The Hall–Kier alpha value is -1.57. The minimum Gasteiger partial charge on any atom is -0.465 e. The molecule has 0 unspecified atom stereocenters. The molecular weight excluding hydrogens is 176 g/mol. The molecule has 0 bridgehead atoms. The van der Waals surface area contributed by atoms with E-state index < -0.39 is 0 Å². The van der Waals surface area contributed by atoms with E-state index in [2.05, 4.69) is 13.8 Å². The molecule has 14 heavy (non-hydrogen) atoms. The van der Waals surface area contributed by atoms with E-state index in [0.717, 1.165) is 6.29 Å². The Morgan fingerprint density at radius 2 is 2.00 bits per heavy atom. The predicted octanol–water partition coefficient (Wildman–Crippen LogP) is 3.05. The van der Waals surface area contributed by atoms with Gasteiger partial charge in [-0.2, -0.15) is 0 Å². The van der Waals surface area contributed by atoms with E-state index in [9.17, 15) is 4.79 Å². The van der Waals surface area contributed by atoms with Crippen LogP contribution in [0.2, 0.25) is 0 Å². The van der Waals surface area contributed by atoms with Gasteiger partial charge in [0.1, 0.15) is 5.75 Å². The maximum Gasteiger partial charge on any atom is 0.153 e. The molecule has 74 valence electrons. The third-order valence-electron chi connectivity index (χ3n) is 1.70. The fourth-order valence-corrected chi connectivity index (χ4v) is 0.955. The Bertz CT molecular complexity index is 327. The van der Waals surface area contributed by atoms with Crippen LogP contribution in [0.15, 0.2) is 36.6 Å². The molecule has 0 saturated heterocycles. The standard InChI is InChI=1S/C12H14O2/c1-10(2)7-8-14-12-6-4-3-5-11(12)9-13/h3-10H,1-2H3. The fraction of sp³-hybridized carbons (Fsp3) is 0.250. The first-order valence-electron chi connectivity index (χ1n) is 4.61. The van der Waals surface area contributed by atoms with Crippen LogP contribution in [0.4, 0.5) is 0 Å². The van der Waals surface area contributed by atoms with Gasteiger partial charge in [0.15, 0.2) is 6.29 Å². The maximum absolute atomic E-state index is 10.6. The lowest BCUT2D eigenvalue weighted by Gasteiger charge is -2.02. The van der Waals surface area contributed by atoms with Crippen molar-refractivity contribution in [3.05, 3.63) is 42.2 Å². The lowest BCUT2D eigenvalue weighted by molar-refractivity contribution is 0.112. The van der Waals surface area contributed by atoms with Crippen molar-refractivity contribution in [2.75, 3.05) is 0 Å². The number of rotatable bonds is 4. The number of allylic oxidation sites excluding steroid dienone is 1. The average molecular weight is 190 g/mol. The van der Waals surface area contributed by atoms with E-state index in [-0.39, 0.29) is 0 Å². The smallest absolute Gasteiger partial charge is 0.153 e. The maximum atomic E-state index is 10.6. The highest BCUT2D eigenvalue weighted by atomic mass is 16.5. The summed E-state index contributed by atoms with van der Waals surface area (Å²) in [6, 6.07) is 7.15. The minimum absolute atomic E-state index is 0.443. The first-order chi connectivity index (χ1) is 6.74. The number of para-hydroxylation sites is 1. The largest absolute Gasteiger partial charge is 0.465 e. The molecular formula is C12H14O2. The Morgan fingerprint density at radius 1 is 1.29 bits per heavy atom. The number of ether oxygens (including phenoxy) is 1. The zero-order valence-electron chi connectivity index (χ0n) is 8.44. The van der Waals surface area contributed by atoms with Crippen LogP contribution < -0.4 is 4.74 Å². The number of carbonyl (C=O) groups excluding carboxylic acids is 1. The normalized spacial score (nSPS) is 10.8. The molecule has 0 N–H and O–H groups in total. The van der Waals surface area contributed by atoms with Crippen LogP contribution in [0.1, 0.15) is 24.2 Å². The predicted molar refractivity (Wildman–Crippen MR) is 56.4 cm³/mol. The highest BCUT2D eigenvalue weighted by Gasteiger charge is 1.98. The number of hydrogen-bond acceptors (Lipinski definition) is 2. The van der Waals surface area contributed by atoms with Gasteiger partial charge in [-0.3, -0.25) is 4.79 Å². The highest BCUT2D eigenvalue weighted by molar-refractivity contribution is 5.79.